The van der Waals surface area contributed by atoms with Gasteiger partial charge in [0, 0.05) is 11.6 Å². The Morgan fingerprint density at radius 2 is 1.97 bits per heavy atom. The summed E-state index contributed by atoms with van der Waals surface area (Å²) < 4.78 is 17.3. The maximum absolute atomic E-state index is 12.6. The highest BCUT2D eigenvalue weighted by Gasteiger charge is 2.34. The van der Waals surface area contributed by atoms with Crippen molar-refractivity contribution in [2.45, 2.75) is 13.3 Å². The van der Waals surface area contributed by atoms with Crippen LogP contribution in [0.5, 0.6) is 17.2 Å². The van der Waals surface area contributed by atoms with Crippen LogP contribution in [0.15, 0.2) is 71.5 Å². The van der Waals surface area contributed by atoms with Crippen molar-refractivity contribution in [1.82, 2.24) is 5.06 Å². The fourth-order valence-electron chi connectivity index (χ4n) is 3.61. The highest BCUT2D eigenvalue weighted by atomic mass is 35.5. The number of halogens is 1. The van der Waals surface area contributed by atoms with Gasteiger partial charge in [-0.3, -0.25) is 10.2 Å². The average Bonchev–Trinajstić information content (AvgIpc) is 3.21. The summed E-state index contributed by atoms with van der Waals surface area (Å²) in [5, 5.41) is 10.2. The number of fused-ring (bicyclic) bond motifs is 1. The molecule has 1 N–H and O–H groups in total. The molecule has 0 aliphatic carbocycles. The quantitative estimate of drug-likeness (QED) is 0.300. The molecule has 4 rings (SSSR count). The topological polar surface area (TPSA) is 93.4 Å². The number of methoxy groups -OCH3 is 1. The molecule has 180 valence electrons. The predicted molar refractivity (Wildman–Crippen MR) is 134 cm³/mol. The first-order valence-corrected chi connectivity index (χ1v) is 11.2. The summed E-state index contributed by atoms with van der Waals surface area (Å²) in [6.45, 7) is 6.09. The first-order chi connectivity index (χ1) is 16.9. The van der Waals surface area contributed by atoms with Crippen LogP contribution in [0.1, 0.15) is 18.1 Å². The minimum absolute atomic E-state index is 0.0885. The number of aliphatic imine (C=N–C) groups is 1. The van der Waals surface area contributed by atoms with Crippen LogP contribution in [0.3, 0.4) is 0 Å². The number of hydrogen-bond donors (Lipinski definition) is 1. The van der Waals surface area contributed by atoms with E-state index >= 15 is 0 Å². The van der Waals surface area contributed by atoms with Gasteiger partial charge in [0.25, 0.3) is 5.91 Å². The summed E-state index contributed by atoms with van der Waals surface area (Å²) in [6, 6.07) is 10.8. The lowest BCUT2D eigenvalue weighted by molar-refractivity contribution is -0.114. The van der Waals surface area contributed by atoms with Crippen molar-refractivity contribution in [3.8, 4) is 17.2 Å². The van der Waals surface area contributed by atoms with E-state index in [0.29, 0.717) is 45.9 Å². The van der Waals surface area contributed by atoms with Crippen molar-refractivity contribution in [3.63, 3.8) is 0 Å². The van der Waals surface area contributed by atoms with Gasteiger partial charge in [-0.2, -0.15) is 4.99 Å². The van der Waals surface area contributed by atoms with Crippen molar-refractivity contribution >= 4 is 35.3 Å². The number of amides is 1. The van der Waals surface area contributed by atoms with Crippen LogP contribution >= 0.6 is 11.6 Å². The second-order valence-corrected chi connectivity index (χ2v) is 8.06. The number of carbonyl (C=O) groups excluding carboxylic acids is 1. The zero-order valence-corrected chi connectivity index (χ0v) is 20.1. The number of carbonyl (C=O) groups is 1. The Labute approximate surface area is 208 Å². The highest BCUT2D eigenvalue weighted by Crippen LogP contribution is 2.35. The number of nitrogens with one attached hydrogen (secondary N) is 1. The predicted octanol–water partition coefficient (Wildman–Crippen LogP) is 4.99. The average molecular weight is 494 g/mol. The normalized spacial score (nSPS) is 15.9. The molecule has 2 aliphatic heterocycles. The Morgan fingerprint density at radius 3 is 2.71 bits per heavy atom. The third-order valence-corrected chi connectivity index (χ3v) is 5.47. The maximum atomic E-state index is 12.6. The summed E-state index contributed by atoms with van der Waals surface area (Å²) >= 11 is 6.13. The van der Waals surface area contributed by atoms with Crippen LogP contribution in [0, 0.1) is 5.41 Å². The molecule has 0 saturated carbocycles. The molecule has 0 spiro atoms. The van der Waals surface area contributed by atoms with E-state index in [0.717, 1.165) is 5.56 Å². The molecule has 35 heavy (non-hydrogen) atoms. The van der Waals surface area contributed by atoms with Gasteiger partial charge < -0.3 is 19.0 Å². The first-order valence-electron chi connectivity index (χ1n) is 10.8. The van der Waals surface area contributed by atoms with Gasteiger partial charge in [0.2, 0.25) is 0 Å². The number of allylic oxidation sites excluding steroid dienone is 2. The number of hydroxylamine groups is 2. The van der Waals surface area contributed by atoms with Gasteiger partial charge in [0.05, 0.1) is 17.7 Å². The molecule has 0 atom stereocenters. The van der Waals surface area contributed by atoms with Crippen molar-refractivity contribution in [2.24, 2.45) is 4.99 Å². The van der Waals surface area contributed by atoms with Gasteiger partial charge in [-0.1, -0.05) is 29.8 Å². The monoisotopic (exact) mass is 493 g/mol. The molecule has 2 heterocycles. The van der Waals surface area contributed by atoms with Gasteiger partial charge in [-0.15, -0.1) is 11.6 Å². The molecule has 9 heteroatoms. The number of ether oxygens (including phenoxy) is 3. The lowest BCUT2D eigenvalue weighted by atomic mass is 10.0. The van der Waals surface area contributed by atoms with E-state index in [1.807, 2.05) is 18.2 Å². The van der Waals surface area contributed by atoms with E-state index < -0.39 is 5.91 Å². The van der Waals surface area contributed by atoms with Crippen LogP contribution in [0.25, 0.3) is 6.08 Å². The number of hydrogen-bond acceptors (Lipinski definition) is 6. The van der Waals surface area contributed by atoms with E-state index in [1.165, 1.54) is 12.2 Å². The molecule has 2 aromatic rings. The number of rotatable bonds is 9. The Hall–Kier alpha value is -4.04. The molecular formula is C26H24ClN3O5. The van der Waals surface area contributed by atoms with E-state index in [-0.39, 0.29) is 24.6 Å². The fourth-order valence-corrected chi connectivity index (χ4v) is 3.80. The Balaban J connectivity index is 1.56. The zero-order valence-electron chi connectivity index (χ0n) is 19.3. The molecule has 0 fully saturated rings. The van der Waals surface area contributed by atoms with Gasteiger partial charge >= 0.3 is 0 Å². The molecular weight excluding hydrogens is 470 g/mol. The van der Waals surface area contributed by atoms with Crippen LogP contribution in [-0.4, -0.2) is 43.0 Å². The van der Waals surface area contributed by atoms with Crippen molar-refractivity contribution in [2.75, 3.05) is 20.3 Å². The van der Waals surface area contributed by atoms with Crippen LogP contribution < -0.4 is 14.2 Å². The summed E-state index contributed by atoms with van der Waals surface area (Å²) in [6.07, 6.45) is 5.44. The van der Waals surface area contributed by atoms with Crippen LogP contribution in [0.2, 0.25) is 5.02 Å². The molecule has 0 unspecified atom stereocenters. The summed E-state index contributed by atoms with van der Waals surface area (Å²) in [5.74, 6) is 1.84. The second-order valence-electron chi connectivity index (χ2n) is 7.65. The van der Waals surface area contributed by atoms with E-state index in [1.54, 1.807) is 43.4 Å². The third-order valence-electron chi connectivity index (χ3n) is 5.15. The van der Waals surface area contributed by atoms with Gasteiger partial charge in [-0.05, 0) is 49.2 Å². The SMILES string of the molecule is C=CCc1cc(/C=C2/C(=N)N3OC(C)=CC3=NC2=O)cc(OC)c1OCCOc1ccccc1Cl. The Bertz CT molecular complexity index is 1280. The van der Waals surface area contributed by atoms with Crippen molar-refractivity contribution in [3.05, 3.63) is 82.6 Å². The largest absolute Gasteiger partial charge is 0.493 e. The zero-order chi connectivity index (χ0) is 24.9. The van der Waals surface area contributed by atoms with E-state index in [9.17, 15) is 4.79 Å². The van der Waals surface area contributed by atoms with Crippen LogP contribution in [0.4, 0.5) is 0 Å². The van der Waals surface area contributed by atoms with Crippen molar-refractivity contribution < 1.29 is 23.8 Å². The lowest BCUT2D eigenvalue weighted by Gasteiger charge is -2.23. The lowest BCUT2D eigenvalue weighted by Crippen LogP contribution is -2.38. The van der Waals surface area contributed by atoms with Gasteiger partial charge in [0.15, 0.2) is 23.2 Å². The first kappa shape index (κ1) is 24.1. The maximum Gasteiger partial charge on any atom is 0.282 e. The number of amidine groups is 2. The molecule has 0 radical (unpaired) electrons. The smallest absolute Gasteiger partial charge is 0.282 e. The number of nitrogens with zero attached hydrogens (tertiary/aromatic N) is 2. The third kappa shape index (κ3) is 5.22. The number of para-hydroxylation sites is 1. The van der Waals surface area contributed by atoms with Gasteiger partial charge in [-0.25, -0.2) is 0 Å². The highest BCUT2D eigenvalue weighted by molar-refractivity contribution is 6.32. The van der Waals surface area contributed by atoms with E-state index in [2.05, 4.69) is 11.6 Å². The van der Waals surface area contributed by atoms with Crippen molar-refractivity contribution in [1.29, 1.82) is 5.41 Å². The summed E-state index contributed by atoms with van der Waals surface area (Å²) in [5.41, 5.74) is 1.55. The minimum atomic E-state index is -0.517. The van der Waals surface area contributed by atoms with E-state index in [4.69, 9.17) is 36.1 Å². The second kappa shape index (κ2) is 10.5. The number of benzene rings is 2. The molecule has 2 aliphatic rings. The summed E-state index contributed by atoms with van der Waals surface area (Å²) in [4.78, 5) is 22.1. The molecule has 0 aromatic heterocycles. The molecule has 0 saturated heterocycles. The summed E-state index contributed by atoms with van der Waals surface area (Å²) in [7, 11) is 1.54. The van der Waals surface area contributed by atoms with Crippen LogP contribution in [-0.2, 0) is 16.1 Å². The molecule has 2 aromatic carbocycles. The Kier molecular flexibility index (Phi) is 7.22. The Morgan fingerprint density at radius 1 is 1.20 bits per heavy atom. The fraction of sp³-hybridized carbons (Fsp3) is 0.192. The minimum Gasteiger partial charge on any atom is -0.493 e. The molecule has 8 nitrogen and oxygen atoms in total. The molecule has 1 amide bonds. The molecule has 0 bridgehead atoms. The standard InChI is InChI=1S/C26H24ClN3O5/c1-4-7-18-13-17(14-19-25(28)30-23(29-26(19)31)12-16(2)35-30)15-22(32-3)24(18)34-11-10-33-21-9-6-5-8-20(21)27/h4-6,8-9,12-15,28H,1,7,10-11H2,2-3H3/b19-14-,28-25?. The van der Waals surface area contributed by atoms with Gasteiger partial charge in [0.1, 0.15) is 24.7 Å².